The average Bonchev–Trinajstić information content (AvgIpc) is 2.80. The van der Waals surface area contributed by atoms with Crippen LogP contribution in [0, 0.1) is 6.92 Å². The van der Waals surface area contributed by atoms with E-state index in [-0.39, 0.29) is 0 Å². The molecule has 0 spiro atoms. The lowest BCUT2D eigenvalue weighted by Gasteiger charge is -2.24. The molecule has 1 unspecified atom stereocenters. The van der Waals surface area contributed by atoms with Crippen LogP contribution in [-0.4, -0.2) is 22.8 Å². The summed E-state index contributed by atoms with van der Waals surface area (Å²) in [7, 11) is 0. The number of benzene rings is 1. The van der Waals surface area contributed by atoms with Gasteiger partial charge in [-0.25, -0.2) is 4.45 Å². The van der Waals surface area contributed by atoms with Crippen molar-refractivity contribution in [2.45, 2.75) is 25.7 Å². The summed E-state index contributed by atoms with van der Waals surface area (Å²) in [4.78, 5) is 0. The zero-order valence-corrected chi connectivity index (χ0v) is 13.5. The maximum atomic E-state index is 5.46. The molecule has 1 saturated heterocycles. The molecule has 0 amide bonds. The highest BCUT2D eigenvalue weighted by Gasteiger charge is 2.19. The van der Waals surface area contributed by atoms with E-state index in [4.69, 9.17) is 4.74 Å². The van der Waals surface area contributed by atoms with Crippen LogP contribution in [-0.2, 0) is 4.74 Å². The van der Waals surface area contributed by atoms with Gasteiger partial charge in [-0.2, -0.15) is 5.10 Å². The smallest absolute Gasteiger partial charge is 0.0732 e. The fourth-order valence-electron chi connectivity index (χ4n) is 2.72. The molecular formula is C13H16IN2OP. The lowest BCUT2D eigenvalue weighted by Crippen LogP contribution is -2.15. The van der Waals surface area contributed by atoms with Crippen LogP contribution in [0.2, 0.25) is 0 Å². The first-order chi connectivity index (χ1) is 8.79. The molecule has 0 N–H and O–H groups in total. The molecule has 3 nitrogen and oxygen atoms in total. The Bertz CT molecular complexity index is 563. The Kier molecular flexibility index (Phi) is 3.87. The van der Waals surface area contributed by atoms with Crippen LogP contribution in [0.25, 0.3) is 10.9 Å². The van der Waals surface area contributed by atoms with Crippen LogP contribution in [0.3, 0.4) is 0 Å². The van der Waals surface area contributed by atoms with Crippen LogP contribution >= 0.6 is 28.4 Å². The molecule has 1 atom stereocenters. The van der Waals surface area contributed by atoms with Gasteiger partial charge in [0.25, 0.3) is 0 Å². The van der Waals surface area contributed by atoms with E-state index in [2.05, 4.69) is 50.6 Å². The highest BCUT2D eigenvalue weighted by Crippen LogP contribution is 2.34. The second-order valence-corrected chi connectivity index (χ2v) is 6.84. The minimum atomic E-state index is 0.657. The number of rotatable bonds is 2. The van der Waals surface area contributed by atoms with Crippen molar-refractivity contribution < 1.29 is 4.74 Å². The molecule has 1 fully saturated rings. The van der Waals surface area contributed by atoms with Gasteiger partial charge in [0, 0.05) is 18.6 Å². The fourth-order valence-corrected chi connectivity index (χ4v) is 4.26. The number of hydrogen-bond acceptors (Lipinski definition) is 2. The highest BCUT2D eigenvalue weighted by molar-refractivity contribution is 14.2. The molecule has 0 bridgehead atoms. The van der Waals surface area contributed by atoms with Gasteiger partial charge in [0.15, 0.2) is 0 Å². The summed E-state index contributed by atoms with van der Waals surface area (Å²) in [6.07, 6.45) is 4.93. The summed E-state index contributed by atoms with van der Waals surface area (Å²) in [5.41, 5.74) is 4.16. The zero-order valence-electron chi connectivity index (χ0n) is 10.3. The Morgan fingerprint density at radius 3 is 2.89 bits per heavy atom. The summed E-state index contributed by atoms with van der Waals surface area (Å²) in [5, 5.41) is 5.69. The van der Waals surface area contributed by atoms with Gasteiger partial charge in [0.05, 0.1) is 18.1 Å². The monoisotopic (exact) mass is 374 g/mol. The molecule has 1 aromatic heterocycles. The van der Waals surface area contributed by atoms with Gasteiger partial charge in [-0.1, -0.05) is 0 Å². The average molecular weight is 374 g/mol. The van der Waals surface area contributed by atoms with Crippen molar-refractivity contribution in [2.24, 2.45) is 0 Å². The molecule has 0 radical (unpaired) electrons. The molecule has 18 heavy (non-hydrogen) atoms. The zero-order chi connectivity index (χ0) is 12.5. The quantitative estimate of drug-likeness (QED) is 0.586. The molecule has 3 rings (SSSR count). The molecular weight excluding hydrogens is 358 g/mol. The van der Waals surface area contributed by atoms with E-state index in [1.54, 1.807) is 0 Å². The Hall–Kier alpha value is -0.190. The predicted octanol–water partition coefficient (Wildman–Crippen LogP) is 4.03. The van der Waals surface area contributed by atoms with E-state index < -0.39 is 0 Å². The van der Waals surface area contributed by atoms with Gasteiger partial charge in [-0.3, -0.25) is 0 Å². The predicted molar refractivity (Wildman–Crippen MR) is 85.0 cm³/mol. The fraction of sp³-hybridized carbons (Fsp3) is 0.462. The van der Waals surface area contributed by atoms with Gasteiger partial charge < -0.3 is 4.74 Å². The Morgan fingerprint density at radius 1 is 1.39 bits per heavy atom. The second kappa shape index (κ2) is 5.43. The number of nitrogens with zero attached hydrogens (tertiary/aromatic N) is 2. The third-order valence-corrected chi connectivity index (χ3v) is 5.58. The first-order valence-corrected chi connectivity index (χ1v) is 10.3. The van der Waals surface area contributed by atoms with Crippen molar-refractivity contribution >= 4 is 39.3 Å². The summed E-state index contributed by atoms with van der Waals surface area (Å²) in [6, 6.07) is 4.62. The van der Waals surface area contributed by atoms with Gasteiger partial charge >= 0.3 is 0 Å². The SMILES string of the molecule is Cc1cc2cnn(PI)c2cc1C1CCOCC1. The van der Waals surface area contributed by atoms with Crippen molar-refractivity contribution in [3.05, 3.63) is 29.5 Å². The van der Waals surface area contributed by atoms with E-state index in [0.29, 0.717) is 12.3 Å². The van der Waals surface area contributed by atoms with E-state index in [1.807, 2.05) is 6.20 Å². The number of hydrogen-bond donors (Lipinski definition) is 0. The molecule has 0 saturated carbocycles. The maximum Gasteiger partial charge on any atom is 0.0732 e. The topological polar surface area (TPSA) is 27.1 Å². The van der Waals surface area contributed by atoms with Crippen LogP contribution in [0.1, 0.15) is 29.9 Å². The molecule has 2 heterocycles. The van der Waals surface area contributed by atoms with Crippen LogP contribution in [0.15, 0.2) is 18.3 Å². The normalized spacial score (nSPS) is 18.1. The van der Waals surface area contributed by atoms with Gasteiger partial charge in [0.2, 0.25) is 0 Å². The number of aryl methyl sites for hydroxylation is 1. The number of halogens is 1. The van der Waals surface area contributed by atoms with E-state index in [9.17, 15) is 0 Å². The van der Waals surface area contributed by atoms with Crippen LogP contribution in [0.4, 0.5) is 0 Å². The van der Waals surface area contributed by atoms with Crippen LogP contribution < -0.4 is 0 Å². The molecule has 1 aliphatic heterocycles. The first-order valence-electron chi connectivity index (χ1n) is 6.22. The first kappa shape index (κ1) is 12.8. The van der Waals surface area contributed by atoms with Crippen molar-refractivity contribution in [1.82, 2.24) is 9.55 Å². The van der Waals surface area contributed by atoms with Crippen molar-refractivity contribution in [3.63, 3.8) is 0 Å². The van der Waals surface area contributed by atoms with Crippen molar-refractivity contribution in [3.8, 4) is 0 Å². The minimum absolute atomic E-state index is 0.657. The van der Waals surface area contributed by atoms with E-state index in [0.717, 1.165) is 26.1 Å². The number of fused-ring (bicyclic) bond motifs is 1. The van der Waals surface area contributed by atoms with Crippen molar-refractivity contribution in [1.29, 1.82) is 0 Å². The summed E-state index contributed by atoms with van der Waals surface area (Å²) in [5.74, 6) is 0.657. The van der Waals surface area contributed by atoms with Gasteiger partial charge in [0.1, 0.15) is 0 Å². The molecule has 2 aromatic rings. The molecule has 1 aromatic carbocycles. The van der Waals surface area contributed by atoms with Crippen molar-refractivity contribution in [2.75, 3.05) is 13.2 Å². The Balaban J connectivity index is 2.07. The summed E-state index contributed by atoms with van der Waals surface area (Å²) in [6.45, 7) is 4.01. The van der Waals surface area contributed by atoms with E-state index in [1.165, 1.54) is 22.0 Å². The largest absolute Gasteiger partial charge is 0.381 e. The molecule has 96 valence electrons. The lowest BCUT2D eigenvalue weighted by atomic mass is 9.88. The van der Waals surface area contributed by atoms with Gasteiger partial charge in [-0.15, -0.1) is 0 Å². The number of aromatic nitrogens is 2. The maximum absolute atomic E-state index is 5.46. The Morgan fingerprint density at radius 2 is 2.17 bits per heavy atom. The number of ether oxygens (including phenoxy) is 1. The highest BCUT2D eigenvalue weighted by atomic mass is 127. The molecule has 1 aliphatic rings. The Labute approximate surface area is 122 Å². The third-order valence-electron chi connectivity index (χ3n) is 3.70. The third kappa shape index (κ3) is 2.30. The molecule has 0 aliphatic carbocycles. The minimum Gasteiger partial charge on any atom is -0.381 e. The second-order valence-electron chi connectivity index (χ2n) is 4.80. The van der Waals surface area contributed by atoms with E-state index >= 15 is 0 Å². The van der Waals surface area contributed by atoms with Gasteiger partial charge in [-0.05, 0) is 71.0 Å². The molecule has 5 heteroatoms. The summed E-state index contributed by atoms with van der Waals surface area (Å²) >= 11 is 2.38. The lowest BCUT2D eigenvalue weighted by molar-refractivity contribution is 0.0852. The standard InChI is InChI=1S/C13H16IN2OP/c1-9-6-11-8-15-16(18-14)13(11)7-12(9)10-2-4-17-5-3-10/h6-8,10,18H,2-5H2,1H3. The van der Waals surface area contributed by atoms with Crippen LogP contribution in [0.5, 0.6) is 0 Å². The summed E-state index contributed by atoms with van der Waals surface area (Å²) < 4.78 is 7.56.